The highest BCUT2D eigenvalue weighted by Crippen LogP contribution is 2.24. The second kappa shape index (κ2) is 7.89. The van der Waals surface area contributed by atoms with Crippen molar-refractivity contribution in [3.8, 4) is 5.69 Å². The summed E-state index contributed by atoms with van der Waals surface area (Å²) in [7, 11) is 0. The Morgan fingerprint density at radius 2 is 1.71 bits per heavy atom. The summed E-state index contributed by atoms with van der Waals surface area (Å²) in [4.78, 5) is 30.3. The summed E-state index contributed by atoms with van der Waals surface area (Å²) in [5.74, 6) is 1.26. The number of benzene rings is 2. The zero-order valence-electron chi connectivity index (χ0n) is 16.1. The summed E-state index contributed by atoms with van der Waals surface area (Å²) < 4.78 is 1.19. The molecule has 1 saturated heterocycles. The van der Waals surface area contributed by atoms with Crippen molar-refractivity contribution in [1.29, 1.82) is 0 Å². The summed E-state index contributed by atoms with van der Waals surface area (Å²) >= 11 is 0. The summed E-state index contributed by atoms with van der Waals surface area (Å²) in [5, 5.41) is 0. The number of hydrogen-bond donors (Lipinski definition) is 1. The van der Waals surface area contributed by atoms with Crippen molar-refractivity contribution in [2.24, 2.45) is 5.92 Å². The van der Waals surface area contributed by atoms with E-state index in [1.807, 2.05) is 31.2 Å². The van der Waals surface area contributed by atoms with Crippen LogP contribution in [-0.2, 0) is 6.42 Å². The molecule has 28 heavy (non-hydrogen) atoms. The van der Waals surface area contributed by atoms with Gasteiger partial charge in [-0.3, -0.25) is 9.78 Å². The molecular formula is C23H25N3O2. The minimum absolute atomic E-state index is 0.296. The van der Waals surface area contributed by atoms with Gasteiger partial charge in [0.2, 0.25) is 0 Å². The zero-order valence-corrected chi connectivity index (χ0v) is 16.1. The molecule has 2 aromatic carbocycles. The first kappa shape index (κ1) is 18.3. The van der Waals surface area contributed by atoms with Gasteiger partial charge in [0.15, 0.2) is 0 Å². The van der Waals surface area contributed by atoms with Crippen LogP contribution in [0.15, 0.2) is 70.3 Å². The van der Waals surface area contributed by atoms with Crippen LogP contribution in [0.25, 0.3) is 5.69 Å². The Morgan fingerprint density at radius 1 is 0.964 bits per heavy atom. The van der Waals surface area contributed by atoms with Gasteiger partial charge in [-0.25, -0.2) is 9.36 Å². The molecule has 144 valence electrons. The SMILES string of the molecule is Cc1cccc(-n2c(=O)cc(N3CCC(Cc4ccccc4)CC3)[nH]c2=O)c1. The predicted molar refractivity (Wildman–Crippen MR) is 112 cm³/mol. The van der Waals surface area contributed by atoms with Crippen LogP contribution in [0.5, 0.6) is 0 Å². The van der Waals surface area contributed by atoms with E-state index in [9.17, 15) is 9.59 Å². The van der Waals surface area contributed by atoms with Crippen molar-refractivity contribution in [3.05, 3.63) is 92.6 Å². The van der Waals surface area contributed by atoms with Crippen LogP contribution >= 0.6 is 0 Å². The predicted octanol–water partition coefficient (Wildman–Crippen LogP) is 3.29. The molecule has 0 radical (unpaired) electrons. The fraction of sp³-hybridized carbons (Fsp3) is 0.304. The Morgan fingerprint density at radius 3 is 2.39 bits per heavy atom. The van der Waals surface area contributed by atoms with Crippen molar-refractivity contribution in [2.75, 3.05) is 18.0 Å². The van der Waals surface area contributed by atoms with Gasteiger partial charge in [-0.15, -0.1) is 0 Å². The molecule has 0 amide bonds. The standard InChI is InChI=1S/C23H25N3O2/c1-17-6-5-9-20(14-17)26-22(27)16-21(24-23(26)28)25-12-10-19(11-13-25)15-18-7-3-2-4-8-18/h2-9,14,16,19H,10-13,15H2,1H3,(H,24,28). The van der Waals surface area contributed by atoms with Gasteiger partial charge in [-0.05, 0) is 55.4 Å². The molecule has 3 aromatic rings. The van der Waals surface area contributed by atoms with E-state index in [4.69, 9.17) is 0 Å². The van der Waals surface area contributed by atoms with Gasteiger partial charge in [0, 0.05) is 19.2 Å². The number of nitrogens with zero attached hydrogens (tertiary/aromatic N) is 2. The summed E-state index contributed by atoms with van der Waals surface area (Å²) in [5.41, 5.74) is 2.29. The van der Waals surface area contributed by atoms with Gasteiger partial charge in [0.05, 0.1) is 5.69 Å². The Bertz CT molecular complexity index is 1030. The first-order chi connectivity index (χ1) is 13.6. The zero-order chi connectivity index (χ0) is 19.5. The highest BCUT2D eigenvalue weighted by atomic mass is 16.2. The Labute approximate surface area is 164 Å². The lowest BCUT2D eigenvalue weighted by Crippen LogP contribution is -2.40. The van der Waals surface area contributed by atoms with Crippen molar-refractivity contribution in [3.63, 3.8) is 0 Å². The molecule has 1 N–H and O–H groups in total. The van der Waals surface area contributed by atoms with E-state index in [1.54, 1.807) is 12.1 Å². The van der Waals surface area contributed by atoms with Gasteiger partial charge < -0.3 is 4.90 Å². The molecule has 1 fully saturated rings. The number of nitrogens with one attached hydrogen (secondary N) is 1. The quantitative estimate of drug-likeness (QED) is 0.761. The number of anilines is 1. The van der Waals surface area contributed by atoms with Gasteiger partial charge in [0.25, 0.3) is 5.56 Å². The minimum atomic E-state index is -0.389. The molecule has 5 heteroatoms. The Balaban J connectivity index is 1.49. The highest BCUT2D eigenvalue weighted by Gasteiger charge is 2.21. The fourth-order valence-corrected chi connectivity index (χ4v) is 3.99. The van der Waals surface area contributed by atoms with Crippen molar-refractivity contribution < 1.29 is 0 Å². The van der Waals surface area contributed by atoms with Crippen molar-refractivity contribution in [1.82, 2.24) is 9.55 Å². The van der Waals surface area contributed by atoms with Crippen LogP contribution in [0.2, 0.25) is 0 Å². The third-order valence-electron chi connectivity index (χ3n) is 5.50. The van der Waals surface area contributed by atoms with E-state index in [2.05, 4.69) is 34.1 Å². The molecule has 1 aromatic heterocycles. The van der Waals surface area contributed by atoms with Crippen molar-refractivity contribution >= 4 is 5.82 Å². The number of aromatic amines is 1. The molecular weight excluding hydrogens is 350 g/mol. The van der Waals surface area contributed by atoms with E-state index in [1.165, 1.54) is 10.1 Å². The normalized spacial score (nSPS) is 15.0. The maximum atomic E-state index is 12.6. The molecule has 4 rings (SSSR count). The summed E-state index contributed by atoms with van der Waals surface area (Å²) in [6, 6.07) is 19.5. The number of piperidine rings is 1. The molecule has 1 aliphatic rings. The molecule has 0 saturated carbocycles. The van der Waals surface area contributed by atoms with E-state index in [-0.39, 0.29) is 11.2 Å². The molecule has 1 aliphatic heterocycles. The van der Waals surface area contributed by atoms with Crippen LogP contribution in [-0.4, -0.2) is 22.6 Å². The lowest BCUT2D eigenvalue weighted by atomic mass is 9.90. The van der Waals surface area contributed by atoms with Gasteiger partial charge in [0.1, 0.15) is 5.82 Å². The molecule has 0 unspecified atom stereocenters. The molecule has 0 atom stereocenters. The highest BCUT2D eigenvalue weighted by molar-refractivity contribution is 5.41. The van der Waals surface area contributed by atoms with Crippen LogP contribution in [0, 0.1) is 12.8 Å². The minimum Gasteiger partial charge on any atom is -0.358 e. The van der Waals surface area contributed by atoms with E-state index in [0.717, 1.165) is 37.9 Å². The van der Waals surface area contributed by atoms with Gasteiger partial charge in [-0.2, -0.15) is 0 Å². The number of hydrogen-bond acceptors (Lipinski definition) is 3. The van der Waals surface area contributed by atoms with Gasteiger partial charge >= 0.3 is 5.69 Å². The number of rotatable bonds is 4. The van der Waals surface area contributed by atoms with E-state index < -0.39 is 0 Å². The third kappa shape index (κ3) is 3.93. The smallest absolute Gasteiger partial charge is 0.334 e. The van der Waals surface area contributed by atoms with Gasteiger partial charge in [-0.1, -0.05) is 42.5 Å². The number of aromatic nitrogens is 2. The molecule has 5 nitrogen and oxygen atoms in total. The summed E-state index contributed by atoms with van der Waals surface area (Å²) in [6.07, 6.45) is 3.19. The van der Waals surface area contributed by atoms with E-state index >= 15 is 0 Å². The fourth-order valence-electron chi connectivity index (χ4n) is 3.99. The first-order valence-corrected chi connectivity index (χ1v) is 9.82. The topological polar surface area (TPSA) is 58.1 Å². The maximum absolute atomic E-state index is 12.6. The second-order valence-electron chi connectivity index (χ2n) is 7.59. The molecule has 0 aliphatic carbocycles. The lowest BCUT2D eigenvalue weighted by Gasteiger charge is -2.33. The van der Waals surface area contributed by atoms with Crippen molar-refractivity contribution in [2.45, 2.75) is 26.2 Å². The lowest BCUT2D eigenvalue weighted by molar-refractivity contribution is 0.402. The van der Waals surface area contributed by atoms with Crippen LogP contribution in [0.1, 0.15) is 24.0 Å². The molecule has 0 spiro atoms. The second-order valence-corrected chi connectivity index (χ2v) is 7.59. The maximum Gasteiger partial charge on any atom is 0.334 e. The average molecular weight is 375 g/mol. The van der Waals surface area contributed by atoms with Crippen LogP contribution < -0.4 is 16.1 Å². The number of H-pyrrole nitrogens is 1. The largest absolute Gasteiger partial charge is 0.358 e. The molecule has 0 bridgehead atoms. The Hall–Kier alpha value is -3.08. The molecule has 2 heterocycles. The summed E-state index contributed by atoms with van der Waals surface area (Å²) in [6.45, 7) is 3.64. The monoisotopic (exact) mass is 375 g/mol. The van der Waals surface area contributed by atoms with Crippen LogP contribution in [0.3, 0.4) is 0 Å². The van der Waals surface area contributed by atoms with E-state index in [0.29, 0.717) is 17.4 Å². The average Bonchev–Trinajstić information content (AvgIpc) is 2.69. The first-order valence-electron chi connectivity index (χ1n) is 9.82. The number of aryl methyl sites for hydroxylation is 1. The van der Waals surface area contributed by atoms with Crippen LogP contribution in [0.4, 0.5) is 5.82 Å². The third-order valence-corrected chi connectivity index (χ3v) is 5.50. The Kier molecular flexibility index (Phi) is 5.15.